The highest BCUT2D eigenvalue weighted by Gasteiger charge is 2.31. The number of benzene rings is 1. The molecule has 0 bridgehead atoms. The van der Waals surface area contributed by atoms with Gasteiger partial charge in [-0.2, -0.15) is 0 Å². The lowest BCUT2D eigenvalue weighted by molar-refractivity contribution is -0.274. The predicted octanol–water partition coefficient (Wildman–Crippen LogP) is 2.68. The first-order valence-corrected chi connectivity index (χ1v) is 8.12. The minimum atomic E-state index is -4.79. The Bertz CT molecular complexity index is 577. The van der Waals surface area contributed by atoms with Crippen LogP contribution in [-0.2, 0) is 20.3 Å². The van der Waals surface area contributed by atoms with E-state index in [1.807, 2.05) is 0 Å². The van der Waals surface area contributed by atoms with E-state index in [4.69, 9.17) is 4.74 Å². The lowest BCUT2D eigenvalue weighted by Crippen LogP contribution is -2.29. The number of halogens is 3. The van der Waals surface area contributed by atoms with Crippen molar-refractivity contribution in [2.24, 2.45) is 0 Å². The second kappa shape index (κ2) is 6.23. The van der Waals surface area contributed by atoms with Crippen molar-refractivity contribution in [3.05, 3.63) is 29.8 Å². The third-order valence-corrected chi connectivity index (χ3v) is 5.40. The van der Waals surface area contributed by atoms with Gasteiger partial charge in [-0.25, -0.2) is 8.42 Å². The third-order valence-electron chi connectivity index (χ3n) is 3.18. The second-order valence-corrected chi connectivity index (χ2v) is 7.10. The van der Waals surface area contributed by atoms with Crippen molar-refractivity contribution in [3.63, 3.8) is 0 Å². The van der Waals surface area contributed by atoms with Crippen molar-refractivity contribution >= 4 is 9.84 Å². The van der Waals surface area contributed by atoms with Crippen molar-refractivity contribution < 1.29 is 31.1 Å². The highest BCUT2D eigenvalue weighted by molar-refractivity contribution is 7.91. The van der Waals surface area contributed by atoms with Crippen molar-refractivity contribution in [2.75, 3.05) is 13.2 Å². The summed E-state index contributed by atoms with van der Waals surface area (Å²) >= 11 is 0. The predicted molar refractivity (Wildman–Crippen MR) is 69.6 cm³/mol. The summed E-state index contributed by atoms with van der Waals surface area (Å²) in [4.78, 5) is 0. The van der Waals surface area contributed by atoms with E-state index in [0.717, 1.165) is 12.1 Å². The molecule has 0 amide bonds. The Balaban J connectivity index is 2.10. The van der Waals surface area contributed by atoms with Gasteiger partial charge in [0.05, 0.1) is 11.0 Å². The minimum absolute atomic E-state index is 0.281. The van der Waals surface area contributed by atoms with Crippen molar-refractivity contribution in [1.82, 2.24) is 0 Å². The molecular formula is C13H15F3O4S. The van der Waals surface area contributed by atoms with Gasteiger partial charge in [0.25, 0.3) is 0 Å². The Kier molecular flexibility index (Phi) is 4.77. The largest absolute Gasteiger partial charge is 0.573 e. The Morgan fingerprint density at radius 1 is 1.24 bits per heavy atom. The monoisotopic (exact) mass is 324 g/mol. The van der Waals surface area contributed by atoms with Crippen LogP contribution in [0.15, 0.2) is 24.3 Å². The van der Waals surface area contributed by atoms with Gasteiger partial charge in [-0.3, -0.25) is 0 Å². The number of sulfone groups is 1. The molecule has 1 aromatic rings. The van der Waals surface area contributed by atoms with Crippen LogP contribution in [0, 0.1) is 0 Å². The van der Waals surface area contributed by atoms with Gasteiger partial charge in [0.15, 0.2) is 9.84 Å². The van der Waals surface area contributed by atoms with Crippen LogP contribution in [0.4, 0.5) is 13.2 Å². The highest BCUT2D eigenvalue weighted by Crippen LogP contribution is 2.25. The van der Waals surface area contributed by atoms with Crippen LogP contribution in [-0.4, -0.2) is 33.2 Å². The quantitative estimate of drug-likeness (QED) is 0.854. The molecule has 1 heterocycles. The van der Waals surface area contributed by atoms with E-state index < -0.39 is 27.2 Å². The zero-order chi connectivity index (χ0) is 15.5. The number of rotatable bonds is 4. The summed E-state index contributed by atoms with van der Waals surface area (Å²) in [7, 11) is -3.41. The molecule has 21 heavy (non-hydrogen) atoms. The van der Waals surface area contributed by atoms with Crippen molar-refractivity contribution in [1.29, 1.82) is 0 Å². The molecule has 1 aromatic carbocycles. The van der Waals surface area contributed by atoms with Gasteiger partial charge < -0.3 is 9.47 Å². The SMILES string of the molecule is O=S(=O)(Cc1cccc(OC(F)(F)F)c1)C1CCOCC1. The first-order valence-electron chi connectivity index (χ1n) is 6.40. The molecule has 1 aliphatic heterocycles. The highest BCUT2D eigenvalue weighted by atomic mass is 32.2. The van der Waals surface area contributed by atoms with Gasteiger partial charge in [0, 0.05) is 13.2 Å². The molecule has 118 valence electrons. The van der Waals surface area contributed by atoms with Crippen LogP contribution in [0.25, 0.3) is 0 Å². The van der Waals surface area contributed by atoms with E-state index >= 15 is 0 Å². The number of alkyl halides is 3. The summed E-state index contributed by atoms with van der Waals surface area (Å²) in [5, 5.41) is -0.501. The zero-order valence-electron chi connectivity index (χ0n) is 11.1. The lowest BCUT2D eigenvalue weighted by Gasteiger charge is -2.22. The van der Waals surface area contributed by atoms with Crippen molar-refractivity contribution in [3.8, 4) is 5.75 Å². The molecule has 0 N–H and O–H groups in total. The molecule has 8 heteroatoms. The van der Waals surface area contributed by atoms with Gasteiger partial charge in [0.1, 0.15) is 5.75 Å². The molecular weight excluding hydrogens is 309 g/mol. The minimum Gasteiger partial charge on any atom is -0.406 e. The van der Waals surface area contributed by atoms with Crippen molar-refractivity contribution in [2.45, 2.75) is 30.2 Å². The van der Waals surface area contributed by atoms with E-state index in [-0.39, 0.29) is 11.3 Å². The topological polar surface area (TPSA) is 52.6 Å². The van der Waals surface area contributed by atoms with Crippen LogP contribution in [0.2, 0.25) is 0 Å². The molecule has 0 saturated carbocycles. The molecule has 0 unspecified atom stereocenters. The molecule has 0 atom stereocenters. The first kappa shape index (κ1) is 16.1. The molecule has 0 radical (unpaired) electrons. The molecule has 1 aliphatic rings. The van der Waals surface area contributed by atoms with E-state index in [0.29, 0.717) is 26.1 Å². The summed E-state index contributed by atoms with van der Waals surface area (Å²) in [6.07, 6.45) is -3.96. The normalized spacial score (nSPS) is 17.7. The average Bonchev–Trinajstić information content (AvgIpc) is 2.37. The van der Waals surface area contributed by atoms with Crippen LogP contribution in [0.3, 0.4) is 0 Å². The Morgan fingerprint density at radius 3 is 2.52 bits per heavy atom. The maximum Gasteiger partial charge on any atom is 0.573 e. The van der Waals surface area contributed by atoms with Crippen LogP contribution in [0.1, 0.15) is 18.4 Å². The summed E-state index contributed by atoms with van der Waals surface area (Å²) in [6, 6.07) is 5.05. The Hall–Kier alpha value is -1.28. The number of ether oxygens (including phenoxy) is 2. The van der Waals surface area contributed by atoms with Crippen LogP contribution in [0.5, 0.6) is 5.75 Å². The van der Waals surface area contributed by atoms with Gasteiger partial charge >= 0.3 is 6.36 Å². The molecule has 4 nitrogen and oxygen atoms in total. The maximum absolute atomic E-state index is 12.2. The van der Waals surface area contributed by atoms with Gasteiger partial charge in [-0.1, -0.05) is 12.1 Å². The summed E-state index contributed by atoms with van der Waals surface area (Å²) in [6.45, 7) is 0.780. The third kappa shape index (κ3) is 4.89. The molecule has 0 aliphatic carbocycles. The van der Waals surface area contributed by atoms with Gasteiger partial charge in [0.2, 0.25) is 0 Å². The zero-order valence-corrected chi connectivity index (χ0v) is 11.9. The fraction of sp³-hybridized carbons (Fsp3) is 0.538. The van der Waals surface area contributed by atoms with E-state index in [9.17, 15) is 21.6 Å². The first-order chi connectivity index (χ1) is 9.76. The number of hydrogen-bond donors (Lipinski definition) is 0. The number of hydrogen-bond acceptors (Lipinski definition) is 4. The Labute approximate surface area is 120 Å². The maximum atomic E-state index is 12.2. The molecule has 2 rings (SSSR count). The molecule has 1 fully saturated rings. The fourth-order valence-corrected chi connectivity index (χ4v) is 4.01. The van der Waals surface area contributed by atoms with E-state index in [1.165, 1.54) is 12.1 Å². The fourth-order valence-electron chi connectivity index (χ4n) is 2.22. The lowest BCUT2D eigenvalue weighted by atomic mass is 10.2. The summed E-state index contributed by atoms with van der Waals surface area (Å²) < 4.78 is 69.8. The molecule has 0 aromatic heterocycles. The van der Waals surface area contributed by atoms with Crippen LogP contribution >= 0.6 is 0 Å². The molecule has 1 saturated heterocycles. The molecule has 0 spiro atoms. The van der Waals surface area contributed by atoms with E-state index in [2.05, 4.69) is 4.74 Å². The standard InChI is InChI=1S/C13H15F3O4S/c14-13(15,16)20-11-3-1-2-10(8-11)9-21(17,18)12-4-6-19-7-5-12/h1-3,8,12H,4-7,9H2. The average molecular weight is 324 g/mol. The summed E-state index contributed by atoms with van der Waals surface area (Å²) in [5.74, 6) is -0.714. The van der Waals surface area contributed by atoms with Gasteiger partial charge in [-0.15, -0.1) is 13.2 Å². The van der Waals surface area contributed by atoms with E-state index in [1.54, 1.807) is 0 Å². The van der Waals surface area contributed by atoms with Gasteiger partial charge in [-0.05, 0) is 30.5 Å². The summed E-state index contributed by atoms with van der Waals surface area (Å²) in [5.41, 5.74) is 0.281. The Morgan fingerprint density at radius 2 is 1.90 bits per heavy atom. The van der Waals surface area contributed by atoms with Crippen LogP contribution < -0.4 is 4.74 Å². The smallest absolute Gasteiger partial charge is 0.406 e. The second-order valence-electron chi connectivity index (χ2n) is 4.81.